The fourth-order valence-corrected chi connectivity index (χ4v) is 5.07. The first kappa shape index (κ1) is 32.4. The van der Waals surface area contributed by atoms with Gasteiger partial charge >= 0.3 is 0 Å². The van der Waals surface area contributed by atoms with E-state index in [1.165, 1.54) is 49.3 Å². The Kier molecular flexibility index (Phi) is 11.7. The van der Waals surface area contributed by atoms with Crippen LogP contribution in [0.4, 0.5) is 20.2 Å². The SMILES string of the molecule is CCSc1ccc(NC(C)=O)cc1.COc1cc([C@H](Nc2cc(C(N)=O)ccc2F)C(=O)N2CC[C@@H](C)C2)ccc1F. The van der Waals surface area contributed by atoms with Gasteiger partial charge in [0.15, 0.2) is 11.6 Å². The second kappa shape index (κ2) is 15.2. The highest BCUT2D eigenvalue weighted by Crippen LogP contribution is 2.30. The van der Waals surface area contributed by atoms with Gasteiger partial charge in [0.25, 0.3) is 0 Å². The number of methoxy groups -OCH3 is 1. The predicted molar refractivity (Wildman–Crippen MR) is 162 cm³/mol. The van der Waals surface area contributed by atoms with Crippen LogP contribution in [0.2, 0.25) is 0 Å². The number of benzene rings is 3. The van der Waals surface area contributed by atoms with E-state index >= 15 is 0 Å². The highest BCUT2D eigenvalue weighted by atomic mass is 32.2. The van der Waals surface area contributed by atoms with Gasteiger partial charge in [-0.2, -0.15) is 0 Å². The van der Waals surface area contributed by atoms with Crippen molar-refractivity contribution < 1.29 is 27.9 Å². The monoisotopic (exact) mass is 598 g/mol. The van der Waals surface area contributed by atoms with E-state index in [-0.39, 0.29) is 28.8 Å². The van der Waals surface area contributed by atoms with Gasteiger partial charge < -0.3 is 26.0 Å². The van der Waals surface area contributed by atoms with Crippen molar-refractivity contribution in [2.45, 2.75) is 38.1 Å². The van der Waals surface area contributed by atoms with Gasteiger partial charge in [0.2, 0.25) is 17.7 Å². The van der Waals surface area contributed by atoms with Crippen molar-refractivity contribution in [3.63, 3.8) is 0 Å². The maximum absolute atomic E-state index is 14.4. The third-order valence-corrected chi connectivity index (χ3v) is 7.42. The summed E-state index contributed by atoms with van der Waals surface area (Å²) in [4.78, 5) is 38.3. The van der Waals surface area contributed by atoms with E-state index in [1.807, 2.05) is 31.2 Å². The number of amides is 3. The molecule has 0 radical (unpaired) electrons. The molecule has 42 heavy (non-hydrogen) atoms. The summed E-state index contributed by atoms with van der Waals surface area (Å²) >= 11 is 1.79. The molecule has 2 atom stereocenters. The standard InChI is InChI=1S/C21H23F2N3O3.C10H13NOS/c1-12-7-8-26(11-12)21(28)19(13-3-6-16(23)18(10-13)29-2)25-17-9-14(20(24)27)4-5-15(17)22;1-3-13-10-6-4-9(5-7-10)11-8(2)12/h3-6,9-10,12,19,25H,7-8,11H2,1-2H3,(H2,24,27);4-7H,3H2,1-2H3,(H,11,12)/t12-,19+;/m1./s1. The van der Waals surface area contributed by atoms with Crippen LogP contribution in [-0.4, -0.2) is 48.6 Å². The van der Waals surface area contributed by atoms with Crippen LogP contribution in [0.5, 0.6) is 5.75 Å². The molecule has 1 aliphatic heterocycles. The average molecular weight is 599 g/mol. The fourth-order valence-electron chi connectivity index (χ4n) is 4.41. The summed E-state index contributed by atoms with van der Waals surface area (Å²) in [5.74, 6) is -0.827. The summed E-state index contributed by atoms with van der Waals surface area (Å²) in [5.41, 5.74) is 6.61. The number of rotatable bonds is 9. The van der Waals surface area contributed by atoms with Gasteiger partial charge in [0.1, 0.15) is 11.9 Å². The topological polar surface area (TPSA) is 114 Å². The quantitative estimate of drug-likeness (QED) is 0.266. The van der Waals surface area contributed by atoms with Gasteiger partial charge in [-0.15, -0.1) is 11.8 Å². The molecule has 0 unspecified atom stereocenters. The van der Waals surface area contributed by atoms with Crippen LogP contribution in [0.3, 0.4) is 0 Å². The number of carbonyl (C=O) groups excluding carboxylic acids is 3. The fraction of sp³-hybridized carbons (Fsp3) is 0.323. The van der Waals surface area contributed by atoms with E-state index in [0.29, 0.717) is 24.6 Å². The van der Waals surface area contributed by atoms with Crippen molar-refractivity contribution >= 4 is 40.9 Å². The van der Waals surface area contributed by atoms with Gasteiger partial charge in [0, 0.05) is 36.2 Å². The molecule has 8 nitrogen and oxygen atoms in total. The molecule has 224 valence electrons. The Bertz CT molecular complexity index is 1400. The van der Waals surface area contributed by atoms with Crippen molar-refractivity contribution in [3.05, 3.63) is 83.4 Å². The Labute approximate surface area is 249 Å². The van der Waals surface area contributed by atoms with Gasteiger partial charge in [-0.1, -0.05) is 19.9 Å². The molecular weight excluding hydrogens is 562 g/mol. The maximum atomic E-state index is 14.4. The summed E-state index contributed by atoms with van der Waals surface area (Å²) in [7, 11) is 1.32. The maximum Gasteiger partial charge on any atom is 0.249 e. The van der Waals surface area contributed by atoms with Crippen LogP contribution < -0.4 is 21.1 Å². The Morgan fingerprint density at radius 3 is 2.33 bits per heavy atom. The minimum atomic E-state index is -0.993. The van der Waals surface area contributed by atoms with E-state index in [1.54, 1.807) is 16.7 Å². The number of nitrogens with two attached hydrogens (primary N) is 1. The van der Waals surface area contributed by atoms with Gasteiger partial charge in [-0.05, 0) is 78.3 Å². The first-order valence-corrected chi connectivity index (χ1v) is 14.5. The molecule has 1 aliphatic rings. The Morgan fingerprint density at radius 2 is 1.76 bits per heavy atom. The zero-order valence-corrected chi connectivity index (χ0v) is 24.9. The minimum absolute atomic E-state index is 0.0248. The van der Waals surface area contributed by atoms with Crippen molar-refractivity contribution in [3.8, 4) is 5.75 Å². The second-order valence-electron chi connectivity index (χ2n) is 9.85. The number of hydrogen-bond donors (Lipinski definition) is 3. The van der Waals surface area contributed by atoms with Gasteiger partial charge in [0.05, 0.1) is 12.8 Å². The van der Waals surface area contributed by atoms with Gasteiger partial charge in [-0.25, -0.2) is 8.78 Å². The summed E-state index contributed by atoms with van der Waals surface area (Å²) in [6.45, 7) is 6.84. The highest BCUT2D eigenvalue weighted by molar-refractivity contribution is 7.99. The lowest BCUT2D eigenvalue weighted by Crippen LogP contribution is -2.36. The molecule has 0 spiro atoms. The van der Waals surface area contributed by atoms with Crippen molar-refractivity contribution in [1.82, 2.24) is 4.90 Å². The zero-order valence-electron chi connectivity index (χ0n) is 24.1. The van der Waals surface area contributed by atoms with Crippen LogP contribution in [0.1, 0.15) is 49.2 Å². The van der Waals surface area contributed by atoms with Crippen molar-refractivity contribution in [2.75, 3.05) is 36.6 Å². The summed E-state index contributed by atoms with van der Waals surface area (Å²) in [6.07, 6.45) is 0.872. The minimum Gasteiger partial charge on any atom is -0.494 e. The molecule has 1 saturated heterocycles. The summed E-state index contributed by atoms with van der Waals surface area (Å²) in [6, 6.07) is 14.5. The number of ether oxygens (including phenoxy) is 1. The molecule has 3 aromatic carbocycles. The summed E-state index contributed by atoms with van der Waals surface area (Å²) in [5, 5.41) is 5.60. The van der Waals surface area contributed by atoms with Crippen LogP contribution in [-0.2, 0) is 9.59 Å². The number of carbonyl (C=O) groups is 3. The largest absolute Gasteiger partial charge is 0.494 e. The van der Waals surface area contributed by atoms with Crippen LogP contribution in [0.25, 0.3) is 0 Å². The number of hydrogen-bond acceptors (Lipinski definition) is 6. The smallest absolute Gasteiger partial charge is 0.249 e. The first-order chi connectivity index (χ1) is 20.0. The lowest BCUT2D eigenvalue weighted by Gasteiger charge is -2.26. The van der Waals surface area contributed by atoms with E-state index in [0.717, 1.165) is 23.9 Å². The molecule has 4 N–H and O–H groups in total. The van der Waals surface area contributed by atoms with E-state index < -0.39 is 23.6 Å². The number of primary amides is 1. The number of halogens is 2. The third-order valence-electron chi connectivity index (χ3n) is 6.53. The molecule has 4 rings (SSSR count). The number of nitrogens with one attached hydrogen (secondary N) is 2. The molecular formula is C31H36F2N4O4S. The lowest BCUT2D eigenvalue weighted by molar-refractivity contribution is -0.131. The average Bonchev–Trinajstić information content (AvgIpc) is 3.40. The Morgan fingerprint density at radius 1 is 1.07 bits per heavy atom. The van der Waals surface area contributed by atoms with Crippen LogP contribution in [0, 0.1) is 17.6 Å². The van der Waals surface area contributed by atoms with E-state index in [9.17, 15) is 23.2 Å². The molecule has 11 heteroatoms. The third kappa shape index (κ3) is 8.94. The van der Waals surface area contributed by atoms with Crippen molar-refractivity contribution in [2.24, 2.45) is 11.7 Å². The second-order valence-corrected chi connectivity index (χ2v) is 11.2. The Balaban J connectivity index is 0.000000312. The molecule has 1 heterocycles. The molecule has 3 aromatic rings. The molecule has 1 fully saturated rings. The highest BCUT2D eigenvalue weighted by Gasteiger charge is 2.31. The van der Waals surface area contributed by atoms with Gasteiger partial charge in [-0.3, -0.25) is 14.4 Å². The Hall–Kier alpha value is -4.12. The summed E-state index contributed by atoms with van der Waals surface area (Å²) < 4.78 is 33.3. The van der Waals surface area contributed by atoms with Crippen molar-refractivity contribution in [1.29, 1.82) is 0 Å². The molecule has 0 aromatic heterocycles. The number of likely N-dealkylation sites (tertiary alicyclic amines) is 1. The molecule has 0 aliphatic carbocycles. The normalized spacial score (nSPS) is 14.8. The van der Waals surface area contributed by atoms with E-state index in [2.05, 4.69) is 17.6 Å². The number of anilines is 2. The van der Waals surface area contributed by atoms with Crippen LogP contribution in [0.15, 0.2) is 65.6 Å². The first-order valence-electron chi connectivity index (χ1n) is 13.5. The molecule has 0 saturated carbocycles. The number of nitrogens with zero attached hydrogens (tertiary/aromatic N) is 1. The zero-order chi connectivity index (χ0) is 30.8. The van der Waals surface area contributed by atoms with Crippen LogP contribution >= 0.6 is 11.8 Å². The lowest BCUT2D eigenvalue weighted by atomic mass is 10.0. The van der Waals surface area contributed by atoms with E-state index in [4.69, 9.17) is 10.5 Å². The molecule has 3 amide bonds. The molecule has 0 bridgehead atoms. The predicted octanol–water partition coefficient (Wildman–Crippen LogP) is 5.85. The number of thioether (sulfide) groups is 1.